The second-order valence-corrected chi connectivity index (χ2v) is 7.04. The Labute approximate surface area is 149 Å². The number of carbonyl (C=O) groups is 1. The van der Waals surface area contributed by atoms with Crippen LogP contribution in [0.5, 0.6) is 0 Å². The molecule has 0 saturated heterocycles. The van der Waals surface area contributed by atoms with Crippen LogP contribution in [-0.2, 0) is 6.54 Å². The van der Waals surface area contributed by atoms with E-state index in [0.717, 1.165) is 25.2 Å². The molecule has 0 spiro atoms. The molecule has 2 aliphatic rings. The van der Waals surface area contributed by atoms with Crippen LogP contribution in [0.25, 0.3) is 0 Å². The van der Waals surface area contributed by atoms with E-state index in [9.17, 15) is 9.18 Å². The first-order chi connectivity index (χ1) is 12.0. The van der Waals surface area contributed by atoms with E-state index in [1.165, 1.54) is 6.07 Å². The van der Waals surface area contributed by atoms with E-state index in [4.69, 9.17) is 11.6 Å². The van der Waals surface area contributed by atoms with Crippen molar-refractivity contribution < 1.29 is 9.18 Å². The fourth-order valence-electron chi connectivity index (χ4n) is 3.51. The van der Waals surface area contributed by atoms with Gasteiger partial charge in [-0.3, -0.25) is 0 Å². The van der Waals surface area contributed by atoms with Crippen LogP contribution in [0.2, 0.25) is 5.02 Å². The summed E-state index contributed by atoms with van der Waals surface area (Å²) in [6.45, 7) is 2.67. The minimum atomic E-state index is -0.321. The largest absolute Gasteiger partial charge is 0.335 e. The number of nitrogens with one attached hydrogen (secondary N) is 2. The highest BCUT2D eigenvalue weighted by Crippen LogP contribution is 2.44. The first-order valence-corrected chi connectivity index (χ1v) is 8.83. The number of nitrogens with zero attached hydrogens (tertiary/aromatic N) is 3. The summed E-state index contributed by atoms with van der Waals surface area (Å²) < 4.78 is 15.8. The van der Waals surface area contributed by atoms with Gasteiger partial charge < -0.3 is 10.6 Å². The van der Waals surface area contributed by atoms with Gasteiger partial charge in [-0.1, -0.05) is 17.7 Å². The van der Waals surface area contributed by atoms with Gasteiger partial charge in [-0.2, -0.15) is 5.10 Å². The van der Waals surface area contributed by atoms with Crippen LogP contribution in [0.3, 0.4) is 0 Å². The first kappa shape index (κ1) is 16.3. The molecule has 0 bridgehead atoms. The molecule has 1 unspecified atom stereocenters. The number of halogens is 2. The van der Waals surface area contributed by atoms with Crippen LogP contribution in [0.15, 0.2) is 18.2 Å². The molecule has 1 aliphatic carbocycles. The molecule has 2 amide bonds. The van der Waals surface area contributed by atoms with Crippen LogP contribution in [-0.4, -0.2) is 26.8 Å². The van der Waals surface area contributed by atoms with Crippen molar-refractivity contribution >= 4 is 17.6 Å². The van der Waals surface area contributed by atoms with Gasteiger partial charge in [-0.15, -0.1) is 0 Å². The summed E-state index contributed by atoms with van der Waals surface area (Å²) in [7, 11) is 0. The van der Waals surface area contributed by atoms with Gasteiger partial charge in [0, 0.05) is 29.1 Å². The lowest BCUT2D eigenvalue weighted by molar-refractivity contribution is 0.232. The molecule has 132 valence electrons. The second-order valence-electron chi connectivity index (χ2n) is 6.64. The van der Waals surface area contributed by atoms with Crippen molar-refractivity contribution in [3.05, 3.63) is 46.3 Å². The number of benzene rings is 1. The SMILES string of the molecule is Cc1nc2n(n1)CCCC2NC(=O)N[C@@H]1C[C@H]1c1c(F)cccc1Cl. The Morgan fingerprint density at radius 2 is 2.24 bits per heavy atom. The van der Waals surface area contributed by atoms with E-state index < -0.39 is 0 Å². The Hall–Kier alpha value is -2.15. The molecule has 6 nitrogen and oxygen atoms in total. The predicted octanol–water partition coefficient (Wildman–Crippen LogP) is 3.07. The number of hydrogen-bond acceptors (Lipinski definition) is 3. The molecule has 4 rings (SSSR count). The molecule has 0 radical (unpaired) electrons. The van der Waals surface area contributed by atoms with E-state index in [1.54, 1.807) is 12.1 Å². The molecule has 8 heteroatoms. The molecule has 2 heterocycles. The Morgan fingerprint density at radius 1 is 1.40 bits per heavy atom. The lowest BCUT2D eigenvalue weighted by Gasteiger charge is -2.23. The van der Waals surface area contributed by atoms with Crippen LogP contribution >= 0.6 is 11.6 Å². The van der Waals surface area contributed by atoms with Gasteiger partial charge in [0.2, 0.25) is 0 Å². The number of fused-ring (bicyclic) bond motifs is 1. The monoisotopic (exact) mass is 363 g/mol. The average Bonchev–Trinajstić information content (AvgIpc) is 3.16. The van der Waals surface area contributed by atoms with Gasteiger partial charge in [-0.05, 0) is 38.3 Å². The second kappa shape index (κ2) is 6.29. The number of carbonyl (C=O) groups excluding carboxylic acids is 1. The van der Waals surface area contributed by atoms with Crippen molar-refractivity contribution in [3.63, 3.8) is 0 Å². The van der Waals surface area contributed by atoms with E-state index in [-0.39, 0.29) is 29.8 Å². The van der Waals surface area contributed by atoms with Crippen LogP contribution < -0.4 is 10.6 Å². The molecule has 1 aromatic carbocycles. The summed E-state index contributed by atoms with van der Waals surface area (Å²) in [6, 6.07) is 4.14. The van der Waals surface area contributed by atoms with Gasteiger partial charge in [-0.25, -0.2) is 18.9 Å². The molecule has 3 atom stereocenters. The normalized spacial score (nSPS) is 24.5. The Bertz CT molecular complexity index is 803. The van der Waals surface area contributed by atoms with Crippen molar-refractivity contribution in [2.75, 3.05) is 0 Å². The quantitative estimate of drug-likeness (QED) is 0.880. The Morgan fingerprint density at radius 3 is 3.04 bits per heavy atom. The van der Waals surface area contributed by atoms with Gasteiger partial charge >= 0.3 is 6.03 Å². The third kappa shape index (κ3) is 3.20. The highest BCUT2D eigenvalue weighted by atomic mass is 35.5. The van der Waals surface area contributed by atoms with Gasteiger partial charge in [0.1, 0.15) is 17.5 Å². The third-order valence-corrected chi connectivity index (χ3v) is 5.09. The minimum absolute atomic E-state index is 0.0725. The van der Waals surface area contributed by atoms with Gasteiger partial charge in [0.15, 0.2) is 0 Å². The summed E-state index contributed by atoms with van der Waals surface area (Å²) in [6.07, 6.45) is 2.46. The lowest BCUT2D eigenvalue weighted by Crippen LogP contribution is -2.41. The molecule has 1 fully saturated rings. The zero-order valence-electron chi connectivity index (χ0n) is 13.8. The van der Waals surface area contributed by atoms with E-state index >= 15 is 0 Å². The highest BCUT2D eigenvalue weighted by Gasteiger charge is 2.42. The molecule has 1 saturated carbocycles. The number of aryl methyl sites for hydroxylation is 2. The standard InChI is InChI=1S/C17H19ClFN5O/c1-9-20-16-13(6-3-7-24(16)23-9)21-17(25)22-14-8-10(14)15-11(18)4-2-5-12(15)19/h2,4-5,10,13-14H,3,6-8H2,1H3,(H2,21,22,25)/t10-,13?,14-/m1/s1. The van der Waals surface area contributed by atoms with Crippen molar-refractivity contribution in [1.29, 1.82) is 0 Å². The first-order valence-electron chi connectivity index (χ1n) is 8.45. The molecular formula is C17H19ClFN5O. The average molecular weight is 364 g/mol. The van der Waals surface area contributed by atoms with Crippen molar-refractivity contribution in [3.8, 4) is 0 Å². The molecular weight excluding hydrogens is 345 g/mol. The van der Waals surface area contributed by atoms with Crippen molar-refractivity contribution in [2.24, 2.45) is 0 Å². The van der Waals surface area contributed by atoms with Crippen molar-refractivity contribution in [1.82, 2.24) is 25.4 Å². The predicted molar refractivity (Wildman–Crippen MR) is 91.0 cm³/mol. The van der Waals surface area contributed by atoms with Crippen LogP contribution in [0.1, 0.15) is 48.4 Å². The van der Waals surface area contributed by atoms with E-state index in [0.29, 0.717) is 22.8 Å². The minimum Gasteiger partial charge on any atom is -0.335 e. The fraction of sp³-hybridized carbons (Fsp3) is 0.471. The van der Waals surface area contributed by atoms with Crippen LogP contribution in [0.4, 0.5) is 9.18 Å². The topological polar surface area (TPSA) is 71.8 Å². The maximum absolute atomic E-state index is 14.0. The molecule has 1 aromatic heterocycles. The number of aromatic nitrogens is 3. The summed E-state index contributed by atoms with van der Waals surface area (Å²) in [5.41, 5.74) is 0.488. The van der Waals surface area contributed by atoms with E-state index in [1.807, 2.05) is 11.6 Å². The van der Waals surface area contributed by atoms with Gasteiger partial charge in [0.05, 0.1) is 6.04 Å². The Balaban J connectivity index is 1.38. The Kier molecular flexibility index (Phi) is 4.11. The lowest BCUT2D eigenvalue weighted by atomic mass is 10.1. The number of hydrogen-bond donors (Lipinski definition) is 2. The maximum atomic E-state index is 14.0. The zero-order valence-corrected chi connectivity index (χ0v) is 14.6. The summed E-state index contributed by atoms with van der Waals surface area (Å²) in [5.74, 6) is 1.11. The summed E-state index contributed by atoms with van der Waals surface area (Å²) in [4.78, 5) is 16.7. The highest BCUT2D eigenvalue weighted by molar-refractivity contribution is 6.31. The summed E-state index contributed by atoms with van der Waals surface area (Å²) in [5, 5.41) is 10.6. The summed E-state index contributed by atoms with van der Waals surface area (Å²) >= 11 is 6.09. The number of urea groups is 1. The van der Waals surface area contributed by atoms with Gasteiger partial charge in [0.25, 0.3) is 0 Å². The molecule has 2 aromatic rings. The fourth-order valence-corrected chi connectivity index (χ4v) is 3.82. The third-order valence-electron chi connectivity index (χ3n) is 4.76. The zero-order chi connectivity index (χ0) is 17.6. The number of rotatable bonds is 3. The molecule has 1 aliphatic heterocycles. The van der Waals surface area contributed by atoms with Crippen LogP contribution in [0, 0.1) is 12.7 Å². The molecule has 2 N–H and O–H groups in total. The van der Waals surface area contributed by atoms with E-state index in [2.05, 4.69) is 20.7 Å². The number of amides is 2. The maximum Gasteiger partial charge on any atom is 0.315 e. The smallest absolute Gasteiger partial charge is 0.315 e. The molecule has 25 heavy (non-hydrogen) atoms. The van der Waals surface area contributed by atoms with Crippen molar-refractivity contribution in [2.45, 2.75) is 50.7 Å².